The van der Waals surface area contributed by atoms with Crippen LogP contribution in [-0.4, -0.2) is 72.3 Å². The van der Waals surface area contributed by atoms with Gasteiger partial charge in [0.05, 0.1) is 0 Å². The third-order valence-electron chi connectivity index (χ3n) is 8.90. The maximum absolute atomic E-state index is 12.5. The van der Waals surface area contributed by atoms with Gasteiger partial charge in [0.15, 0.2) is 0 Å². The first-order valence-corrected chi connectivity index (χ1v) is 15.0. The van der Waals surface area contributed by atoms with Crippen LogP contribution < -0.4 is 10.6 Å². The summed E-state index contributed by atoms with van der Waals surface area (Å²) in [5.41, 5.74) is 1.13. The average molecular weight is 513 g/mol. The Kier molecular flexibility index (Phi) is 9.93. The van der Waals surface area contributed by atoms with Gasteiger partial charge in [-0.25, -0.2) is 4.79 Å². The van der Waals surface area contributed by atoms with Crippen LogP contribution in [0.5, 0.6) is 0 Å². The minimum Gasteiger partial charge on any atom is -0.444 e. The van der Waals surface area contributed by atoms with Crippen molar-refractivity contribution in [1.82, 2.24) is 20.4 Å². The van der Waals surface area contributed by atoms with E-state index in [4.69, 9.17) is 4.74 Å². The first-order valence-electron chi connectivity index (χ1n) is 15.0. The molecule has 37 heavy (non-hydrogen) atoms. The van der Waals surface area contributed by atoms with Crippen molar-refractivity contribution in [3.05, 3.63) is 35.9 Å². The highest BCUT2D eigenvalue weighted by molar-refractivity contribution is 5.68. The minimum absolute atomic E-state index is 0.165. The molecule has 1 aromatic carbocycles. The molecule has 2 N–H and O–H groups in total. The van der Waals surface area contributed by atoms with E-state index in [1.165, 1.54) is 50.5 Å². The van der Waals surface area contributed by atoms with Gasteiger partial charge in [-0.15, -0.1) is 0 Å². The molecular weight excluding hydrogens is 460 g/mol. The van der Waals surface area contributed by atoms with Crippen molar-refractivity contribution >= 4 is 6.09 Å². The zero-order valence-corrected chi connectivity index (χ0v) is 23.9. The molecule has 3 aliphatic rings. The number of hydrogen-bond acceptors (Lipinski definition) is 5. The Labute approximate surface area is 225 Å². The normalized spacial score (nSPS) is 23.1. The molecule has 0 bridgehead atoms. The molecular formula is C31H52N4O2. The molecule has 1 saturated carbocycles. The first-order chi connectivity index (χ1) is 17.7. The summed E-state index contributed by atoms with van der Waals surface area (Å²) in [5, 5.41) is 7.85. The summed E-state index contributed by atoms with van der Waals surface area (Å²) < 4.78 is 5.60. The molecule has 0 spiro atoms. The van der Waals surface area contributed by atoms with Crippen LogP contribution in [0, 0.1) is 5.92 Å². The maximum Gasteiger partial charge on any atom is 0.410 e. The predicted molar refractivity (Wildman–Crippen MR) is 152 cm³/mol. The average Bonchev–Trinajstić information content (AvgIpc) is 2.89. The van der Waals surface area contributed by atoms with Crippen molar-refractivity contribution < 1.29 is 9.53 Å². The van der Waals surface area contributed by atoms with Crippen molar-refractivity contribution in [2.75, 3.05) is 39.3 Å². The van der Waals surface area contributed by atoms with Crippen molar-refractivity contribution in [3.8, 4) is 0 Å². The van der Waals surface area contributed by atoms with Gasteiger partial charge in [-0.05, 0) is 84.2 Å². The molecule has 0 aromatic heterocycles. The number of carbonyl (C=O) groups excluding carboxylic acids is 1. The summed E-state index contributed by atoms with van der Waals surface area (Å²) in [5.74, 6) is 0.857. The minimum atomic E-state index is -0.435. The standard InChI is InChI=1S/C31H52N4O2/c1-30(2,3)37-29(36)34-21-17-31(4,18-22-34)35-19-15-27(16-20-35)33-28(26-13-9-6-10-14-26)24-32-23-25-11-7-5-8-12-25/h6,9-10,13-14,25,27-28,32-33H,5,7-8,11-12,15-24H2,1-4H3/t28-/m0/s1. The lowest BCUT2D eigenvalue weighted by Crippen LogP contribution is -2.58. The summed E-state index contributed by atoms with van der Waals surface area (Å²) in [6.07, 6.45) is 11.2. The van der Waals surface area contributed by atoms with Gasteiger partial charge in [0.2, 0.25) is 0 Å². The summed E-state index contributed by atoms with van der Waals surface area (Å²) in [7, 11) is 0. The Morgan fingerprint density at radius 1 is 1.00 bits per heavy atom. The molecule has 3 fully saturated rings. The van der Waals surface area contributed by atoms with E-state index in [1.807, 2.05) is 25.7 Å². The van der Waals surface area contributed by atoms with E-state index in [1.54, 1.807) is 0 Å². The van der Waals surface area contributed by atoms with Crippen LogP contribution in [0.2, 0.25) is 0 Å². The number of hydrogen-bond donors (Lipinski definition) is 2. The maximum atomic E-state index is 12.5. The summed E-state index contributed by atoms with van der Waals surface area (Å²) in [6.45, 7) is 14.2. The quantitative estimate of drug-likeness (QED) is 0.465. The Morgan fingerprint density at radius 2 is 1.65 bits per heavy atom. The zero-order valence-electron chi connectivity index (χ0n) is 23.9. The van der Waals surface area contributed by atoms with Gasteiger partial charge in [0.25, 0.3) is 0 Å². The van der Waals surface area contributed by atoms with Crippen LogP contribution >= 0.6 is 0 Å². The molecule has 208 valence electrons. The van der Waals surface area contributed by atoms with E-state index >= 15 is 0 Å². The number of benzene rings is 1. The molecule has 1 atom stereocenters. The van der Waals surface area contributed by atoms with E-state index in [9.17, 15) is 4.79 Å². The lowest BCUT2D eigenvalue weighted by Gasteiger charge is -2.49. The second-order valence-electron chi connectivity index (χ2n) is 13.0. The lowest BCUT2D eigenvalue weighted by molar-refractivity contribution is -0.00890. The molecule has 1 aliphatic carbocycles. The molecule has 6 nitrogen and oxygen atoms in total. The Balaban J connectivity index is 1.25. The molecule has 0 unspecified atom stereocenters. The third kappa shape index (κ3) is 8.43. The van der Waals surface area contributed by atoms with Gasteiger partial charge in [0, 0.05) is 50.3 Å². The van der Waals surface area contributed by atoms with Crippen LogP contribution in [-0.2, 0) is 4.74 Å². The highest BCUT2D eigenvalue weighted by atomic mass is 16.6. The SMILES string of the molecule is CC(C)(C)OC(=O)N1CCC(C)(N2CCC(N[C@@H](CNCC3CCCCC3)c3ccccc3)CC2)CC1. The monoisotopic (exact) mass is 512 g/mol. The van der Waals surface area contributed by atoms with Gasteiger partial charge in [-0.3, -0.25) is 4.90 Å². The van der Waals surface area contributed by atoms with E-state index < -0.39 is 5.60 Å². The Morgan fingerprint density at radius 3 is 2.27 bits per heavy atom. The van der Waals surface area contributed by atoms with Gasteiger partial charge < -0.3 is 20.3 Å². The number of nitrogens with one attached hydrogen (secondary N) is 2. The van der Waals surface area contributed by atoms with Crippen molar-refractivity contribution in [2.45, 2.75) is 109 Å². The molecule has 0 radical (unpaired) electrons. The zero-order chi connectivity index (χ0) is 26.3. The van der Waals surface area contributed by atoms with Crippen LogP contribution in [0.15, 0.2) is 30.3 Å². The molecule has 2 heterocycles. The van der Waals surface area contributed by atoms with E-state index in [-0.39, 0.29) is 11.6 Å². The van der Waals surface area contributed by atoms with Crippen LogP contribution in [0.4, 0.5) is 4.79 Å². The van der Waals surface area contributed by atoms with Gasteiger partial charge in [0.1, 0.15) is 5.60 Å². The summed E-state index contributed by atoms with van der Waals surface area (Å²) in [4.78, 5) is 17.1. The first kappa shape index (κ1) is 28.4. The van der Waals surface area contributed by atoms with Crippen molar-refractivity contribution in [2.24, 2.45) is 5.92 Å². The Hall–Kier alpha value is -1.63. The third-order valence-corrected chi connectivity index (χ3v) is 8.90. The number of piperidine rings is 2. The van der Waals surface area contributed by atoms with Crippen LogP contribution in [0.3, 0.4) is 0 Å². The fourth-order valence-electron chi connectivity index (χ4n) is 6.47. The fourth-order valence-corrected chi connectivity index (χ4v) is 6.47. The number of carbonyl (C=O) groups is 1. The molecule has 1 amide bonds. The smallest absolute Gasteiger partial charge is 0.410 e. The summed E-state index contributed by atoms with van der Waals surface area (Å²) >= 11 is 0. The lowest BCUT2D eigenvalue weighted by atomic mass is 9.85. The predicted octanol–water partition coefficient (Wildman–Crippen LogP) is 5.74. The fraction of sp³-hybridized carbons (Fsp3) is 0.774. The van der Waals surface area contributed by atoms with Crippen molar-refractivity contribution in [3.63, 3.8) is 0 Å². The Bertz CT molecular complexity index is 817. The number of ether oxygens (including phenoxy) is 1. The number of likely N-dealkylation sites (tertiary alicyclic amines) is 2. The number of nitrogens with zero attached hydrogens (tertiary/aromatic N) is 2. The highest BCUT2D eigenvalue weighted by Crippen LogP contribution is 2.32. The van der Waals surface area contributed by atoms with Crippen molar-refractivity contribution in [1.29, 1.82) is 0 Å². The van der Waals surface area contributed by atoms with Gasteiger partial charge >= 0.3 is 6.09 Å². The van der Waals surface area contributed by atoms with Gasteiger partial charge in [-0.2, -0.15) is 0 Å². The van der Waals surface area contributed by atoms with Crippen LogP contribution in [0.25, 0.3) is 0 Å². The second kappa shape index (κ2) is 12.9. The topological polar surface area (TPSA) is 56.8 Å². The molecule has 2 aliphatic heterocycles. The molecule has 6 heteroatoms. The van der Waals surface area contributed by atoms with Gasteiger partial charge in [-0.1, -0.05) is 49.6 Å². The highest BCUT2D eigenvalue weighted by Gasteiger charge is 2.39. The van der Waals surface area contributed by atoms with Crippen LogP contribution in [0.1, 0.15) is 97.1 Å². The number of amides is 1. The molecule has 2 saturated heterocycles. The largest absolute Gasteiger partial charge is 0.444 e. The number of rotatable bonds is 8. The molecule has 4 rings (SSSR count). The second-order valence-corrected chi connectivity index (χ2v) is 13.0. The van der Waals surface area contributed by atoms with E-state index in [2.05, 4.69) is 52.8 Å². The molecule has 1 aromatic rings. The van der Waals surface area contributed by atoms with E-state index in [0.717, 1.165) is 58.0 Å². The van der Waals surface area contributed by atoms with E-state index in [0.29, 0.717) is 12.1 Å². The summed E-state index contributed by atoms with van der Waals surface area (Å²) in [6, 6.07) is 11.9.